The molecule has 2 aromatic carbocycles. The van der Waals surface area contributed by atoms with Crippen LogP contribution < -0.4 is 5.43 Å². The van der Waals surface area contributed by atoms with E-state index in [0.717, 1.165) is 24.0 Å². The molecule has 0 aliphatic carbocycles. The third-order valence-electron chi connectivity index (χ3n) is 5.70. The minimum absolute atomic E-state index is 0.0550. The smallest absolute Gasteiger partial charge is 0.242 e. The van der Waals surface area contributed by atoms with E-state index in [1.165, 1.54) is 6.26 Å². The number of unbranched alkanes of at least 4 members (excludes halogenated alkanes) is 1. The number of halogens is 1. The Balaban J connectivity index is 1.89. The normalized spacial score (nSPS) is 10.9. The first-order chi connectivity index (χ1) is 16.4. The molecule has 6 nitrogen and oxygen atoms in total. The molecule has 0 aliphatic rings. The van der Waals surface area contributed by atoms with Gasteiger partial charge in [-0.2, -0.15) is 0 Å². The highest BCUT2D eigenvalue weighted by molar-refractivity contribution is 6.18. The summed E-state index contributed by atoms with van der Waals surface area (Å²) >= 11 is 5.78. The van der Waals surface area contributed by atoms with Gasteiger partial charge in [0.1, 0.15) is 5.58 Å². The summed E-state index contributed by atoms with van der Waals surface area (Å²) in [5, 5.41) is 0.492. The zero-order valence-corrected chi connectivity index (χ0v) is 20.5. The first kappa shape index (κ1) is 25.5. The fourth-order valence-electron chi connectivity index (χ4n) is 3.78. The van der Waals surface area contributed by atoms with Crippen LogP contribution in [0.5, 0.6) is 0 Å². The molecule has 0 saturated heterocycles. The van der Waals surface area contributed by atoms with E-state index in [0.29, 0.717) is 29.6 Å². The maximum absolute atomic E-state index is 13.4. The molecule has 0 atom stereocenters. The quantitative estimate of drug-likeness (QED) is 0.365. The number of benzene rings is 2. The fraction of sp³-hybridized carbons (Fsp3) is 0.370. The summed E-state index contributed by atoms with van der Waals surface area (Å²) in [6, 6.07) is 15.0. The van der Waals surface area contributed by atoms with Gasteiger partial charge in [-0.05, 0) is 31.0 Å². The van der Waals surface area contributed by atoms with Gasteiger partial charge in [-0.1, -0.05) is 55.3 Å². The van der Waals surface area contributed by atoms with Crippen molar-refractivity contribution in [3.8, 4) is 0 Å². The number of fused-ring (bicyclic) bond motifs is 1. The lowest BCUT2D eigenvalue weighted by Gasteiger charge is -2.28. The Morgan fingerprint density at radius 3 is 2.47 bits per heavy atom. The molecule has 2 amide bonds. The van der Waals surface area contributed by atoms with Crippen molar-refractivity contribution >= 4 is 34.4 Å². The summed E-state index contributed by atoms with van der Waals surface area (Å²) in [5.41, 5.74) is 2.65. The molecule has 180 valence electrons. The molecule has 34 heavy (non-hydrogen) atoms. The molecule has 0 fully saturated rings. The number of hydrogen-bond acceptors (Lipinski definition) is 4. The number of alkyl halides is 1. The Bertz CT molecular complexity index is 1180. The van der Waals surface area contributed by atoms with Crippen molar-refractivity contribution in [2.45, 2.75) is 46.2 Å². The molecule has 1 aromatic heterocycles. The monoisotopic (exact) mass is 482 g/mol. The van der Waals surface area contributed by atoms with E-state index in [-0.39, 0.29) is 42.6 Å². The lowest BCUT2D eigenvalue weighted by Crippen LogP contribution is -2.43. The van der Waals surface area contributed by atoms with Crippen molar-refractivity contribution in [1.29, 1.82) is 0 Å². The molecule has 3 rings (SSSR count). The second kappa shape index (κ2) is 12.4. The average molecular weight is 483 g/mol. The number of carbonyl (C=O) groups is 2. The van der Waals surface area contributed by atoms with Crippen LogP contribution in [0.25, 0.3) is 11.0 Å². The number of hydrogen-bond donors (Lipinski definition) is 0. The molecule has 0 bridgehead atoms. The third kappa shape index (κ3) is 6.70. The Morgan fingerprint density at radius 1 is 1.00 bits per heavy atom. The molecule has 0 spiro atoms. The van der Waals surface area contributed by atoms with E-state index < -0.39 is 0 Å². The lowest BCUT2D eigenvalue weighted by molar-refractivity contribution is -0.141. The Morgan fingerprint density at radius 2 is 1.76 bits per heavy atom. The van der Waals surface area contributed by atoms with Crippen molar-refractivity contribution in [3.05, 3.63) is 81.7 Å². The Kier molecular flexibility index (Phi) is 9.28. The van der Waals surface area contributed by atoms with E-state index in [9.17, 15) is 14.4 Å². The Hall–Kier alpha value is -3.12. The lowest BCUT2D eigenvalue weighted by atomic mass is 10.1. The maximum Gasteiger partial charge on any atom is 0.242 e. The second-order valence-electron chi connectivity index (χ2n) is 8.43. The molecule has 0 saturated carbocycles. The SMILES string of the molecule is CCCCN(CC(=O)N(Cc1ccccc1)Cc1coc2ccc(C)cc2c1=O)C(=O)CCCl. The minimum Gasteiger partial charge on any atom is -0.464 e. The van der Waals surface area contributed by atoms with Crippen molar-refractivity contribution in [3.63, 3.8) is 0 Å². The Labute approximate surface area is 205 Å². The molecule has 0 N–H and O–H groups in total. The van der Waals surface area contributed by atoms with Crippen molar-refractivity contribution in [2.24, 2.45) is 0 Å². The molecular formula is C27H31ClN2O4. The van der Waals surface area contributed by atoms with Gasteiger partial charge in [-0.3, -0.25) is 14.4 Å². The summed E-state index contributed by atoms with van der Waals surface area (Å²) in [6.45, 7) is 4.80. The molecule has 0 aliphatic heterocycles. The van der Waals surface area contributed by atoms with Gasteiger partial charge in [0.05, 0.1) is 30.3 Å². The van der Waals surface area contributed by atoms with Gasteiger partial charge in [-0.15, -0.1) is 11.6 Å². The summed E-state index contributed by atoms with van der Waals surface area (Å²) in [7, 11) is 0. The van der Waals surface area contributed by atoms with Crippen LogP contribution in [0.1, 0.15) is 42.9 Å². The summed E-state index contributed by atoms with van der Waals surface area (Å²) in [4.78, 5) is 42.3. The highest BCUT2D eigenvalue weighted by Gasteiger charge is 2.22. The molecule has 7 heteroatoms. The molecule has 0 radical (unpaired) electrons. The number of nitrogens with zero attached hydrogens (tertiary/aromatic N) is 2. The zero-order chi connectivity index (χ0) is 24.5. The number of aryl methyl sites for hydroxylation is 1. The number of rotatable bonds is 11. The van der Waals surface area contributed by atoms with Crippen LogP contribution in [0.15, 0.2) is 64.0 Å². The van der Waals surface area contributed by atoms with Crippen LogP contribution in [0, 0.1) is 6.92 Å². The first-order valence-electron chi connectivity index (χ1n) is 11.6. The van der Waals surface area contributed by atoms with Gasteiger partial charge in [0, 0.05) is 25.4 Å². The van der Waals surface area contributed by atoms with Crippen LogP contribution in [0.3, 0.4) is 0 Å². The molecular weight excluding hydrogens is 452 g/mol. The van der Waals surface area contributed by atoms with Gasteiger partial charge in [-0.25, -0.2) is 0 Å². The predicted octanol–water partition coefficient (Wildman–Crippen LogP) is 4.89. The number of amides is 2. The molecule has 1 heterocycles. The average Bonchev–Trinajstić information content (AvgIpc) is 2.83. The van der Waals surface area contributed by atoms with Crippen LogP contribution in [-0.4, -0.2) is 40.6 Å². The third-order valence-corrected chi connectivity index (χ3v) is 5.89. The minimum atomic E-state index is -0.230. The summed E-state index contributed by atoms with van der Waals surface area (Å²) in [5.74, 6) is -0.162. The van der Waals surface area contributed by atoms with E-state index in [4.69, 9.17) is 16.0 Å². The van der Waals surface area contributed by atoms with Crippen LogP contribution in [0.2, 0.25) is 0 Å². The van der Waals surface area contributed by atoms with Gasteiger partial charge < -0.3 is 14.2 Å². The number of carbonyl (C=O) groups excluding carboxylic acids is 2. The highest BCUT2D eigenvalue weighted by Crippen LogP contribution is 2.16. The van der Waals surface area contributed by atoms with E-state index in [1.54, 1.807) is 21.9 Å². The van der Waals surface area contributed by atoms with Gasteiger partial charge >= 0.3 is 0 Å². The highest BCUT2D eigenvalue weighted by atomic mass is 35.5. The van der Waals surface area contributed by atoms with Gasteiger partial charge in [0.2, 0.25) is 11.8 Å². The fourth-order valence-corrected chi connectivity index (χ4v) is 3.94. The van der Waals surface area contributed by atoms with Crippen molar-refractivity contribution in [1.82, 2.24) is 9.80 Å². The van der Waals surface area contributed by atoms with Crippen LogP contribution in [0.4, 0.5) is 0 Å². The van der Waals surface area contributed by atoms with E-state index >= 15 is 0 Å². The summed E-state index contributed by atoms with van der Waals surface area (Å²) in [6.07, 6.45) is 3.32. The largest absolute Gasteiger partial charge is 0.464 e. The van der Waals surface area contributed by atoms with Gasteiger partial charge in [0.15, 0.2) is 5.43 Å². The molecule has 0 unspecified atom stereocenters. The second-order valence-corrected chi connectivity index (χ2v) is 8.81. The van der Waals surface area contributed by atoms with Crippen LogP contribution >= 0.6 is 11.6 Å². The first-order valence-corrected chi connectivity index (χ1v) is 12.1. The predicted molar refractivity (Wildman–Crippen MR) is 135 cm³/mol. The standard InChI is InChI=1S/C27H31ClN2O4/c1-3-4-14-29(25(31)12-13-28)18-26(32)30(16-21-8-6-5-7-9-21)17-22-19-34-24-11-10-20(2)15-23(24)27(22)33/h5-11,15,19H,3-4,12-14,16-18H2,1-2H3. The topological polar surface area (TPSA) is 70.8 Å². The maximum atomic E-state index is 13.4. The summed E-state index contributed by atoms with van der Waals surface area (Å²) < 4.78 is 5.70. The van der Waals surface area contributed by atoms with Gasteiger partial charge in [0.25, 0.3) is 0 Å². The van der Waals surface area contributed by atoms with E-state index in [2.05, 4.69) is 0 Å². The van der Waals surface area contributed by atoms with Crippen molar-refractivity contribution in [2.75, 3.05) is 19.0 Å². The van der Waals surface area contributed by atoms with Crippen LogP contribution in [-0.2, 0) is 22.7 Å². The van der Waals surface area contributed by atoms with Crippen molar-refractivity contribution < 1.29 is 14.0 Å². The zero-order valence-electron chi connectivity index (χ0n) is 19.8. The van der Waals surface area contributed by atoms with E-state index in [1.807, 2.05) is 50.2 Å². The molecule has 3 aromatic rings.